The van der Waals surface area contributed by atoms with Crippen molar-refractivity contribution in [2.24, 2.45) is 0 Å². The number of nitrogens with zero attached hydrogens (tertiary/aromatic N) is 1. The van der Waals surface area contributed by atoms with Crippen molar-refractivity contribution in [3.63, 3.8) is 0 Å². The van der Waals surface area contributed by atoms with E-state index in [1.165, 1.54) is 12.1 Å². The first kappa shape index (κ1) is 9.41. The Hall–Kier alpha value is -2.15. The Morgan fingerprint density at radius 3 is 2.47 bits per heavy atom. The molecule has 0 radical (unpaired) electrons. The smallest absolute Gasteiger partial charge is 0.351 e. The standard InChI is InChI=1S/C8H7N3O4/c12-8-9-7(10-15-8)5-1-3-6(4-2-5)11(13)14/h1-4,7,10H,(H,9,12)/t7-/m0/s1. The zero-order chi connectivity index (χ0) is 10.8. The quantitative estimate of drug-likeness (QED) is 0.556. The predicted molar refractivity (Wildman–Crippen MR) is 48.6 cm³/mol. The van der Waals surface area contributed by atoms with Gasteiger partial charge < -0.3 is 4.84 Å². The molecule has 1 aliphatic heterocycles. The summed E-state index contributed by atoms with van der Waals surface area (Å²) in [6.07, 6.45) is -1.03. The predicted octanol–water partition coefficient (Wildman–Crippen LogP) is 0.838. The third-order valence-corrected chi connectivity index (χ3v) is 1.97. The number of hydrogen-bond donors (Lipinski definition) is 2. The molecule has 1 aromatic carbocycles. The van der Waals surface area contributed by atoms with Crippen molar-refractivity contribution in [3.05, 3.63) is 39.9 Å². The monoisotopic (exact) mass is 209 g/mol. The third-order valence-electron chi connectivity index (χ3n) is 1.97. The summed E-state index contributed by atoms with van der Waals surface area (Å²) in [5.41, 5.74) is 3.13. The Morgan fingerprint density at radius 2 is 2.00 bits per heavy atom. The molecule has 0 unspecified atom stereocenters. The molecule has 1 aliphatic rings. The third kappa shape index (κ3) is 1.86. The van der Waals surface area contributed by atoms with Crippen LogP contribution in [0.3, 0.4) is 0 Å². The number of nitrogens with one attached hydrogen (secondary N) is 2. The Morgan fingerprint density at radius 1 is 1.33 bits per heavy atom. The van der Waals surface area contributed by atoms with Gasteiger partial charge in [-0.1, -0.05) is 0 Å². The van der Waals surface area contributed by atoms with Crippen LogP contribution >= 0.6 is 0 Å². The molecule has 1 aromatic rings. The topological polar surface area (TPSA) is 93.5 Å². The highest BCUT2D eigenvalue weighted by atomic mass is 16.7. The lowest BCUT2D eigenvalue weighted by atomic mass is 10.1. The molecule has 7 heteroatoms. The number of carbonyl (C=O) groups excluding carboxylic acids is 1. The van der Waals surface area contributed by atoms with Crippen LogP contribution in [0.1, 0.15) is 11.7 Å². The SMILES string of the molecule is O=C1N[C@H](c2ccc([N+](=O)[O-])cc2)NO1. The zero-order valence-electron chi connectivity index (χ0n) is 7.47. The van der Waals surface area contributed by atoms with Crippen molar-refractivity contribution in [2.45, 2.75) is 6.17 Å². The summed E-state index contributed by atoms with van der Waals surface area (Å²) in [4.78, 5) is 25.1. The molecule has 0 bridgehead atoms. The van der Waals surface area contributed by atoms with E-state index in [1.807, 2.05) is 0 Å². The average Bonchev–Trinajstić information content (AvgIpc) is 2.65. The fraction of sp³-hybridized carbons (Fsp3) is 0.125. The van der Waals surface area contributed by atoms with Crippen molar-refractivity contribution >= 4 is 11.8 Å². The van der Waals surface area contributed by atoms with Gasteiger partial charge in [0.05, 0.1) is 4.92 Å². The molecule has 78 valence electrons. The Bertz CT molecular complexity index is 403. The molecule has 2 rings (SSSR count). The second kappa shape index (κ2) is 3.54. The molecule has 1 fully saturated rings. The summed E-state index contributed by atoms with van der Waals surface area (Å²) in [6, 6.07) is 5.82. The maximum atomic E-state index is 10.7. The van der Waals surface area contributed by atoms with Crippen molar-refractivity contribution < 1.29 is 14.6 Å². The van der Waals surface area contributed by atoms with Gasteiger partial charge in [-0.05, 0) is 17.7 Å². The van der Waals surface area contributed by atoms with Crippen LogP contribution in [0.5, 0.6) is 0 Å². The summed E-state index contributed by atoms with van der Waals surface area (Å²) in [6.45, 7) is 0. The van der Waals surface area contributed by atoms with E-state index < -0.39 is 17.2 Å². The van der Waals surface area contributed by atoms with Crippen LogP contribution < -0.4 is 10.8 Å². The van der Waals surface area contributed by atoms with E-state index in [2.05, 4.69) is 15.6 Å². The number of rotatable bonds is 2. The summed E-state index contributed by atoms with van der Waals surface area (Å²) < 4.78 is 0. The Balaban J connectivity index is 2.17. The fourth-order valence-corrected chi connectivity index (χ4v) is 1.23. The molecule has 0 spiro atoms. The van der Waals surface area contributed by atoms with Crippen LogP contribution in [0.4, 0.5) is 10.5 Å². The van der Waals surface area contributed by atoms with Crippen LogP contribution in [0, 0.1) is 10.1 Å². The summed E-state index contributed by atoms with van der Waals surface area (Å²) in [7, 11) is 0. The lowest BCUT2D eigenvalue weighted by Gasteiger charge is -2.06. The number of benzene rings is 1. The van der Waals surface area contributed by atoms with E-state index in [4.69, 9.17) is 0 Å². The van der Waals surface area contributed by atoms with Gasteiger partial charge in [0.15, 0.2) is 0 Å². The van der Waals surface area contributed by atoms with Gasteiger partial charge in [0.2, 0.25) is 0 Å². The fourth-order valence-electron chi connectivity index (χ4n) is 1.23. The maximum absolute atomic E-state index is 10.7. The number of hydrogen-bond acceptors (Lipinski definition) is 5. The molecule has 1 amide bonds. The summed E-state index contributed by atoms with van der Waals surface area (Å²) in [5, 5.41) is 12.9. The molecular formula is C8H7N3O4. The second-order valence-electron chi connectivity index (χ2n) is 2.93. The van der Waals surface area contributed by atoms with Crippen LogP contribution in [0.15, 0.2) is 24.3 Å². The van der Waals surface area contributed by atoms with Crippen LogP contribution in [0.25, 0.3) is 0 Å². The minimum Gasteiger partial charge on any atom is -0.351 e. The van der Waals surface area contributed by atoms with Gasteiger partial charge in [0.25, 0.3) is 5.69 Å². The van der Waals surface area contributed by atoms with Gasteiger partial charge in [0, 0.05) is 12.1 Å². The van der Waals surface area contributed by atoms with Crippen molar-refractivity contribution in [2.75, 3.05) is 0 Å². The molecule has 0 aromatic heterocycles. The number of hydroxylamine groups is 1. The average molecular weight is 209 g/mol. The van der Waals surface area contributed by atoms with Gasteiger partial charge >= 0.3 is 6.09 Å². The van der Waals surface area contributed by atoms with E-state index in [1.54, 1.807) is 12.1 Å². The van der Waals surface area contributed by atoms with E-state index in [-0.39, 0.29) is 5.69 Å². The van der Waals surface area contributed by atoms with Gasteiger partial charge in [-0.25, -0.2) is 4.79 Å². The minimum atomic E-state index is -0.571. The molecule has 7 nitrogen and oxygen atoms in total. The summed E-state index contributed by atoms with van der Waals surface area (Å²) >= 11 is 0. The molecule has 1 heterocycles. The molecule has 0 saturated carbocycles. The molecule has 0 aliphatic carbocycles. The summed E-state index contributed by atoms with van der Waals surface area (Å²) in [5.74, 6) is 0. The number of nitro groups is 1. The van der Waals surface area contributed by atoms with Crippen molar-refractivity contribution in [1.82, 2.24) is 10.8 Å². The number of amides is 1. The van der Waals surface area contributed by atoms with Gasteiger partial charge in [-0.15, -0.1) is 5.48 Å². The molecule has 15 heavy (non-hydrogen) atoms. The van der Waals surface area contributed by atoms with E-state index in [0.29, 0.717) is 5.56 Å². The second-order valence-corrected chi connectivity index (χ2v) is 2.93. The normalized spacial score (nSPS) is 19.5. The zero-order valence-corrected chi connectivity index (χ0v) is 7.47. The molecular weight excluding hydrogens is 202 g/mol. The first-order chi connectivity index (χ1) is 7.16. The van der Waals surface area contributed by atoms with Crippen LogP contribution in [0.2, 0.25) is 0 Å². The molecule has 1 saturated heterocycles. The first-order valence-electron chi connectivity index (χ1n) is 4.14. The highest BCUT2D eigenvalue weighted by Crippen LogP contribution is 2.18. The number of non-ortho nitro benzene ring substituents is 1. The van der Waals surface area contributed by atoms with Gasteiger partial charge in [-0.3, -0.25) is 15.4 Å². The largest absolute Gasteiger partial charge is 0.427 e. The van der Waals surface area contributed by atoms with Gasteiger partial charge in [0.1, 0.15) is 6.17 Å². The van der Waals surface area contributed by atoms with E-state index in [9.17, 15) is 14.9 Å². The maximum Gasteiger partial charge on any atom is 0.427 e. The highest BCUT2D eigenvalue weighted by molar-refractivity contribution is 5.69. The lowest BCUT2D eigenvalue weighted by molar-refractivity contribution is -0.384. The van der Waals surface area contributed by atoms with E-state index in [0.717, 1.165) is 0 Å². The highest BCUT2D eigenvalue weighted by Gasteiger charge is 2.23. The van der Waals surface area contributed by atoms with E-state index >= 15 is 0 Å². The Kier molecular flexibility index (Phi) is 2.22. The van der Waals surface area contributed by atoms with Gasteiger partial charge in [-0.2, -0.15) is 0 Å². The Labute approximate surface area is 84.1 Å². The molecule has 2 N–H and O–H groups in total. The van der Waals surface area contributed by atoms with Crippen LogP contribution in [-0.4, -0.2) is 11.0 Å². The van der Waals surface area contributed by atoms with Crippen molar-refractivity contribution in [1.29, 1.82) is 0 Å². The van der Waals surface area contributed by atoms with Crippen LogP contribution in [-0.2, 0) is 4.84 Å². The first-order valence-corrected chi connectivity index (χ1v) is 4.14. The number of carbonyl (C=O) groups is 1. The molecule has 1 atom stereocenters. The number of nitro benzene ring substituents is 1. The van der Waals surface area contributed by atoms with Crippen molar-refractivity contribution in [3.8, 4) is 0 Å². The lowest BCUT2D eigenvalue weighted by Crippen LogP contribution is -2.21. The minimum absolute atomic E-state index is 0.00370.